The van der Waals surface area contributed by atoms with Crippen LogP contribution in [0.25, 0.3) is 85.4 Å². The van der Waals surface area contributed by atoms with Gasteiger partial charge in [0.1, 0.15) is 9.75 Å². The summed E-state index contributed by atoms with van der Waals surface area (Å²) in [6.45, 7) is 6.43. The van der Waals surface area contributed by atoms with E-state index in [0.717, 1.165) is 46.8 Å². The molecule has 0 saturated heterocycles. The Balaban J connectivity index is 1.25. The molecule has 0 bridgehead atoms. The largest absolute Gasteiger partial charge is 0.465 e. The summed E-state index contributed by atoms with van der Waals surface area (Å²) in [7, 11) is 2.91. The van der Waals surface area contributed by atoms with E-state index in [1.54, 1.807) is 0 Å². The van der Waals surface area contributed by atoms with Gasteiger partial charge in [-0.2, -0.15) is 0 Å². The first-order chi connectivity index (χ1) is 35.4. The third-order valence-electron chi connectivity index (χ3n) is 14.7. The van der Waals surface area contributed by atoms with Crippen LogP contribution in [0.15, 0.2) is 95.7 Å². The Kier molecular flexibility index (Phi) is 18.2. The van der Waals surface area contributed by atoms with Crippen molar-refractivity contribution in [3.8, 4) is 41.8 Å². The van der Waals surface area contributed by atoms with Gasteiger partial charge in [-0.05, 0) is 95.4 Å². The molecule has 0 radical (unpaired) electrons. The van der Waals surface area contributed by atoms with Crippen molar-refractivity contribution in [3.05, 3.63) is 105 Å². The van der Waals surface area contributed by atoms with Gasteiger partial charge in [0.25, 0.3) is 0 Å². The Morgan fingerprint density at radius 3 is 1.17 bits per heavy atom. The van der Waals surface area contributed by atoms with Crippen LogP contribution in [0.1, 0.15) is 162 Å². The number of benzene rings is 3. The minimum Gasteiger partial charge on any atom is -0.465 e. The molecule has 0 unspecified atom stereocenters. The van der Waals surface area contributed by atoms with Crippen molar-refractivity contribution in [1.29, 1.82) is 0 Å². The lowest BCUT2D eigenvalue weighted by atomic mass is 9.94. The highest BCUT2D eigenvalue weighted by Crippen LogP contribution is 2.53. The van der Waals surface area contributed by atoms with Crippen LogP contribution in [-0.2, 0) is 22.6 Å². The number of nitrogens with zero attached hydrogens (tertiary/aromatic N) is 2. The zero-order valence-electron chi connectivity index (χ0n) is 43.0. The van der Waals surface area contributed by atoms with Gasteiger partial charge in [-0.25, -0.2) is 9.59 Å². The number of ether oxygens (including phenoxy) is 2. The maximum atomic E-state index is 12.7. The number of hydrogen-bond acceptors (Lipinski definition) is 8. The molecule has 0 N–H and O–H groups in total. The van der Waals surface area contributed by atoms with Gasteiger partial charge in [0.05, 0.1) is 25.3 Å². The molecular formula is C62H72N2O4S4. The predicted octanol–water partition coefficient (Wildman–Crippen LogP) is 20.2. The van der Waals surface area contributed by atoms with Crippen molar-refractivity contribution in [2.75, 3.05) is 14.2 Å². The van der Waals surface area contributed by atoms with Crippen LogP contribution in [0, 0.1) is 0 Å². The number of unbranched alkanes of at least 4 members (excludes halogenated alkanes) is 18. The van der Waals surface area contributed by atoms with Crippen LogP contribution in [0.3, 0.4) is 0 Å². The van der Waals surface area contributed by atoms with Crippen molar-refractivity contribution in [3.63, 3.8) is 0 Å². The maximum Gasteiger partial charge on any atom is 0.348 e. The van der Waals surface area contributed by atoms with E-state index in [0.29, 0.717) is 9.75 Å². The molecule has 72 heavy (non-hydrogen) atoms. The molecule has 0 saturated carbocycles. The molecule has 0 aliphatic heterocycles. The smallest absolute Gasteiger partial charge is 0.348 e. The molecule has 6 nitrogen and oxygen atoms in total. The van der Waals surface area contributed by atoms with E-state index in [9.17, 15) is 9.59 Å². The van der Waals surface area contributed by atoms with E-state index >= 15 is 0 Å². The highest BCUT2D eigenvalue weighted by molar-refractivity contribution is 7.17. The third kappa shape index (κ3) is 11.4. The quantitative estimate of drug-likeness (QED) is 0.0362. The lowest BCUT2D eigenvalue weighted by molar-refractivity contribution is 0.0597. The fraction of sp³-hybridized carbons (Fsp3) is 0.419. The number of esters is 2. The number of fused-ring (bicyclic) bond motifs is 6. The van der Waals surface area contributed by atoms with Crippen LogP contribution < -0.4 is 0 Å². The summed E-state index contributed by atoms with van der Waals surface area (Å²) < 4.78 is 15.7. The van der Waals surface area contributed by atoms with Crippen LogP contribution in [0.5, 0.6) is 0 Å². The third-order valence-corrected chi connectivity index (χ3v) is 18.7. The van der Waals surface area contributed by atoms with E-state index in [-0.39, 0.29) is 11.9 Å². The number of methoxy groups -OCH3 is 2. The van der Waals surface area contributed by atoms with E-state index in [2.05, 4.69) is 107 Å². The number of hydrogen-bond donors (Lipinski definition) is 0. The minimum absolute atomic E-state index is 0.301. The van der Waals surface area contributed by atoms with Gasteiger partial charge >= 0.3 is 11.9 Å². The van der Waals surface area contributed by atoms with E-state index in [1.807, 2.05) is 34.8 Å². The second kappa shape index (κ2) is 25.3. The molecule has 0 amide bonds. The van der Waals surface area contributed by atoms with Crippen molar-refractivity contribution in [2.45, 2.75) is 155 Å². The summed E-state index contributed by atoms with van der Waals surface area (Å²) in [5.74, 6) is -0.602. The molecular weight excluding hydrogens is 965 g/mol. The average Bonchev–Trinajstić information content (AvgIpc) is 4.29. The van der Waals surface area contributed by atoms with Gasteiger partial charge in [-0.3, -0.25) is 0 Å². The Bertz CT molecular complexity index is 2980. The van der Waals surface area contributed by atoms with Gasteiger partial charge in [-0.15, -0.1) is 45.3 Å². The van der Waals surface area contributed by atoms with Gasteiger partial charge in [0.2, 0.25) is 0 Å². The zero-order valence-corrected chi connectivity index (χ0v) is 46.2. The number of aromatic nitrogens is 2. The molecule has 9 rings (SSSR count). The van der Waals surface area contributed by atoms with Gasteiger partial charge in [-0.1, -0.05) is 154 Å². The van der Waals surface area contributed by atoms with Crippen LogP contribution >= 0.6 is 45.3 Å². The summed E-state index contributed by atoms with van der Waals surface area (Å²) in [6.07, 6.45) is 25.8. The molecule has 0 atom stereocenters. The number of carbonyl (C=O) groups excluding carboxylic acids is 2. The number of rotatable bonds is 28. The fourth-order valence-electron chi connectivity index (χ4n) is 11.0. The molecule has 10 heteroatoms. The zero-order chi connectivity index (χ0) is 49.8. The molecule has 0 aliphatic rings. The number of aryl methyl sites for hydroxylation is 2. The van der Waals surface area contributed by atoms with Crippen LogP contribution in [0.2, 0.25) is 0 Å². The molecule has 0 spiro atoms. The summed E-state index contributed by atoms with van der Waals surface area (Å²) in [4.78, 5) is 31.3. The average molecular weight is 1040 g/mol. The molecule has 9 aromatic rings. The summed E-state index contributed by atoms with van der Waals surface area (Å²) in [5.41, 5.74) is 9.90. The van der Waals surface area contributed by atoms with Crippen LogP contribution in [0.4, 0.5) is 0 Å². The van der Waals surface area contributed by atoms with E-state index in [4.69, 9.17) is 9.47 Å². The van der Waals surface area contributed by atoms with E-state index in [1.165, 1.54) is 217 Å². The monoisotopic (exact) mass is 1040 g/mol. The van der Waals surface area contributed by atoms with Crippen molar-refractivity contribution in [1.82, 2.24) is 9.13 Å². The highest BCUT2D eigenvalue weighted by atomic mass is 32.1. The molecule has 3 aromatic carbocycles. The molecule has 0 aliphatic carbocycles. The molecule has 6 aromatic heterocycles. The second-order valence-corrected chi connectivity index (χ2v) is 23.7. The van der Waals surface area contributed by atoms with Gasteiger partial charge < -0.3 is 18.6 Å². The Morgan fingerprint density at radius 2 is 0.819 bits per heavy atom. The first-order valence-electron chi connectivity index (χ1n) is 27.0. The summed E-state index contributed by atoms with van der Waals surface area (Å²) in [5, 5.41) is 9.56. The van der Waals surface area contributed by atoms with Crippen molar-refractivity contribution < 1.29 is 19.1 Å². The Labute approximate surface area is 443 Å². The minimum atomic E-state index is -0.301. The predicted molar refractivity (Wildman–Crippen MR) is 312 cm³/mol. The normalized spacial score (nSPS) is 11.8. The van der Waals surface area contributed by atoms with Crippen LogP contribution in [-0.4, -0.2) is 35.3 Å². The SMILES string of the molecule is CCCCCCCCCCCCn1c2ccc(-c3ccc(C(=O)OC)s3)cc2c2c(-c3cccs3)c3c(c(-c4cccs4)c21)c1cc(-c2ccc(C(=O)OC)s2)ccc1n3CCCCCCCCCCCC. The Morgan fingerprint density at radius 1 is 0.444 bits per heavy atom. The standard InChI is InChI=1S/C62H72N2O4S4/c1-5-7-9-11-13-15-17-19-21-23-37-63-47-31-29-43(49-33-35-53(71-49)61(65)67-3)41-45(47)55-58(52-28-26-40-70-52)60-56(57(59(55)63)51-27-25-39-69-51)46-42-44(50-34-36-54(72-50)62(66)68-4)30-32-48(46)64(60)38-24-22-20-18-16-14-12-10-8-6-2/h25-36,39-42H,5-24,37-38H2,1-4H3. The van der Waals surface area contributed by atoms with Crippen molar-refractivity contribution in [2.24, 2.45) is 0 Å². The molecule has 378 valence electrons. The van der Waals surface area contributed by atoms with Crippen molar-refractivity contribution >= 4 is 101 Å². The van der Waals surface area contributed by atoms with Gasteiger partial charge in [0.15, 0.2) is 0 Å². The fourth-order valence-corrected chi connectivity index (χ4v) is 14.4. The lowest BCUT2D eigenvalue weighted by Gasteiger charge is -2.17. The maximum absolute atomic E-state index is 12.7. The topological polar surface area (TPSA) is 62.5 Å². The summed E-state index contributed by atoms with van der Waals surface area (Å²) in [6, 6.07) is 31.0. The highest BCUT2D eigenvalue weighted by Gasteiger charge is 2.29. The summed E-state index contributed by atoms with van der Waals surface area (Å²) >= 11 is 6.65. The number of carbonyl (C=O) groups is 2. The van der Waals surface area contributed by atoms with E-state index < -0.39 is 0 Å². The molecule has 6 heterocycles. The first-order valence-corrected chi connectivity index (χ1v) is 30.4. The number of thiophene rings is 4. The Hall–Kier alpha value is -5.00. The van der Waals surface area contributed by atoms with Gasteiger partial charge in [0, 0.05) is 76.3 Å². The lowest BCUT2D eigenvalue weighted by Crippen LogP contribution is -2.02. The molecule has 0 fully saturated rings. The first kappa shape index (κ1) is 51.9. The second-order valence-electron chi connectivity index (χ2n) is 19.6.